The lowest BCUT2D eigenvalue weighted by Gasteiger charge is -2.26. The van der Waals surface area contributed by atoms with E-state index in [2.05, 4.69) is 22.5 Å². The van der Waals surface area contributed by atoms with Crippen LogP contribution in [-0.2, 0) is 4.79 Å². The Kier molecular flexibility index (Phi) is 4.60. The molecule has 0 aliphatic carbocycles. The second kappa shape index (κ2) is 6.22. The highest BCUT2D eigenvalue weighted by molar-refractivity contribution is 5.95. The molecule has 1 unspecified atom stereocenters. The monoisotopic (exact) mass is 276 g/mol. The fourth-order valence-electron chi connectivity index (χ4n) is 2.73. The number of carbonyl (C=O) groups excluding carboxylic acids is 1. The van der Waals surface area contributed by atoms with Crippen molar-refractivity contribution in [2.24, 2.45) is 5.41 Å². The fourth-order valence-corrected chi connectivity index (χ4v) is 2.73. The molecule has 5 nitrogen and oxygen atoms in total. The van der Waals surface area contributed by atoms with Crippen molar-refractivity contribution in [3.05, 3.63) is 18.3 Å². The summed E-state index contributed by atoms with van der Waals surface area (Å²) in [7, 11) is 3.89. The van der Waals surface area contributed by atoms with Gasteiger partial charge in [-0.1, -0.05) is 13.3 Å². The quantitative estimate of drug-likeness (QED) is 0.862. The first-order chi connectivity index (χ1) is 9.57. The molecule has 5 heteroatoms. The van der Waals surface area contributed by atoms with Crippen molar-refractivity contribution in [1.29, 1.82) is 0 Å². The molecule has 1 aliphatic heterocycles. The van der Waals surface area contributed by atoms with Crippen molar-refractivity contribution < 1.29 is 4.79 Å². The number of nitrogens with zero attached hydrogens (tertiary/aromatic N) is 2. The number of hydrogen-bond donors (Lipinski definition) is 2. The van der Waals surface area contributed by atoms with Gasteiger partial charge in [0.2, 0.25) is 5.91 Å². The zero-order valence-electron chi connectivity index (χ0n) is 12.6. The summed E-state index contributed by atoms with van der Waals surface area (Å²) in [6, 6.07) is 3.82. The molecular formula is C15H24N4O. The van der Waals surface area contributed by atoms with Crippen LogP contribution in [0.5, 0.6) is 0 Å². The van der Waals surface area contributed by atoms with Crippen LogP contribution in [0.15, 0.2) is 18.3 Å². The predicted molar refractivity (Wildman–Crippen MR) is 82.0 cm³/mol. The maximum atomic E-state index is 12.6. The van der Waals surface area contributed by atoms with Gasteiger partial charge in [-0.15, -0.1) is 0 Å². The van der Waals surface area contributed by atoms with Gasteiger partial charge in [-0.25, -0.2) is 4.98 Å². The molecule has 2 rings (SSSR count). The number of carbonyl (C=O) groups is 1. The van der Waals surface area contributed by atoms with Gasteiger partial charge in [-0.2, -0.15) is 0 Å². The average Bonchev–Trinajstić information content (AvgIpc) is 2.89. The Balaban J connectivity index is 2.06. The molecule has 1 aliphatic rings. The van der Waals surface area contributed by atoms with Gasteiger partial charge in [0.15, 0.2) is 0 Å². The number of hydrogen-bond acceptors (Lipinski definition) is 4. The van der Waals surface area contributed by atoms with Gasteiger partial charge in [0.05, 0.1) is 17.3 Å². The van der Waals surface area contributed by atoms with Gasteiger partial charge in [-0.05, 0) is 31.5 Å². The van der Waals surface area contributed by atoms with E-state index in [1.165, 1.54) is 0 Å². The molecule has 0 aromatic carbocycles. The standard InChI is InChI=1S/C15H24N4O/c1-4-7-15(8-9-16-11-15)14(20)18-12-5-6-13(17-10-12)19(2)3/h5-6,10,16H,4,7-9,11H2,1-3H3,(H,18,20). The molecule has 1 amide bonds. The topological polar surface area (TPSA) is 57.3 Å². The molecule has 0 radical (unpaired) electrons. The van der Waals surface area contributed by atoms with E-state index >= 15 is 0 Å². The molecule has 1 atom stereocenters. The lowest BCUT2D eigenvalue weighted by molar-refractivity contribution is -0.125. The van der Waals surface area contributed by atoms with Crippen molar-refractivity contribution in [1.82, 2.24) is 10.3 Å². The molecule has 0 saturated carbocycles. The Bertz CT molecular complexity index is 449. The Morgan fingerprint density at radius 2 is 2.30 bits per heavy atom. The van der Waals surface area contributed by atoms with Gasteiger partial charge in [0.1, 0.15) is 5.82 Å². The third-order valence-corrected chi connectivity index (χ3v) is 3.92. The van der Waals surface area contributed by atoms with Crippen molar-refractivity contribution in [2.45, 2.75) is 26.2 Å². The van der Waals surface area contributed by atoms with Crippen LogP contribution in [-0.4, -0.2) is 38.1 Å². The molecule has 1 saturated heterocycles. The second-order valence-electron chi connectivity index (χ2n) is 5.71. The van der Waals surface area contributed by atoms with Gasteiger partial charge in [0.25, 0.3) is 0 Å². The van der Waals surface area contributed by atoms with E-state index in [9.17, 15) is 4.79 Å². The summed E-state index contributed by atoms with van der Waals surface area (Å²) in [6.07, 6.45) is 4.58. The third-order valence-electron chi connectivity index (χ3n) is 3.92. The Morgan fingerprint density at radius 3 is 2.80 bits per heavy atom. The smallest absolute Gasteiger partial charge is 0.231 e. The first kappa shape index (κ1) is 14.8. The van der Waals surface area contributed by atoms with Crippen LogP contribution >= 0.6 is 0 Å². The first-order valence-electron chi connectivity index (χ1n) is 7.23. The fraction of sp³-hybridized carbons (Fsp3) is 0.600. The van der Waals surface area contributed by atoms with E-state index in [0.29, 0.717) is 0 Å². The van der Waals surface area contributed by atoms with Crippen LogP contribution in [0.3, 0.4) is 0 Å². The minimum atomic E-state index is -0.255. The molecule has 0 spiro atoms. The summed E-state index contributed by atoms with van der Waals surface area (Å²) in [6.45, 7) is 3.82. The first-order valence-corrected chi connectivity index (χ1v) is 7.23. The van der Waals surface area contributed by atoms with Gasteiger partial charge in [-0.3, -0.25) is 4.79 Å². The summed E-state index contributed by atoms with van der Waals surface area (Å²) in [5, 5.41) is 6.32. The van der Waals surface area contributed by atoms with Crippen molar-refractivity contribution in [3.8, 4) is 0 Å². The average molecular weight is 276 g/mol. The zero-order chi connectivity index (χ0) is 14.6. The second-order valence-corrected chi connectivity index (χ2v) is 5.71. The number of rotatable bonds is 5. The van der Waals surface area contributed by atoms with E-state index in [4.69, 9.17) is 0 Å². The highest BCUT2D eigenvalue weighted by Crippen LogP contribution is 2.32. The van der Waals surface area contributed by atoms with Gasteiger partial charge in [0, 0.05) is 20.6 Å². The van der Waals surface area contributed by atoms with Crippen LogP contribution in [0.1, 0.15) is 26.2 Å². The molecule has 1 aromatic heterocycles. The Labute approximate surface area is 120 Å². The highest BCUT2D eigenvalue weighted by Gasteiger charge is 2.40. The Hall–Kier alpha value is -1.62. The molecule has 2 N–H and O–H groups in total. The van der Waals surface area contributed by atoms with Crippen molar-refractivity contribution >= 4 is 17.4 Å². The van der Waals surface area contributed by atoms with Crippen molar-refractivity contribution in [3.63, 3.8) is 0 Å². The SMILES string of the molecule is CCCC1(C(=O)Nc2ccc(N(C)C)nc2)CCNC1. The number of amides is 1. The zero-order valence-corrected chi connectivity index (χ0v) is 12.6. The minimum absolute atomic E-state index is 0.115. The molecule has 110 valence electrons. The predicted octanol–water partition coefficient (Wildman–Crippen LogP) is 1.87. The van der Waals surface area contributed by atoms with Gasteiger partial charge < -0.3 is 15.5 Å². The van der Waals surface area contributed by atoms with E-state index in [-0.39, 0.29) is 11.3 Å². The van der Waals surface area contributed by atoms with Crippen LogP contribution in [0, 0.1) is 5.41 Å². The van der Waals surface area contributed by atoms with Gasteiger partial charge >= 0.3 is 0 Å². The third kappa shape index (κ3) is 3.10. The molecule has 0 bridgehead atoms. The van der Waals surface area contributed by atoms with E-state index in [0.717, 1.165) is 43.9 Å². The molecule has 1 fully saturated rings. The van der Waals surface area contributed by atoms with Crippen LogP contribution in [0.4, 0.5) is 11.5 Å². The highest BCUT2D eigenvalue weighted by atomic mass is 16.2. The van der Waals surface area contributed by atoms with E-state index in [1.54, 1.807) is 6.20 Å². The maximum absolute atomic E-state index is 12.6. The minimum Gasteiger partial charge on any atom is -0.363 e. The van der Waals surface area contributed by atoms with Crippen LogP contribution in [0.25, 0.3) is 0 Å². The summed E-state index contributed by atoms with van der Waals surface area (Å²) in [5.74, 6) is 0.998. The lowest BCUT2D eigenvalue weighted by Crippen LogP contribution is -2.38. The maximum Gasteiger partial charge on any atom is 0.231 e. The normalized spacial score (nSPS) is 21.8. The summed E-state index contributed by atoms with van der Waals surface area (Å²) in [4.78, 5) is 18.8. The lowest BCUT2D eigenvalue weighted by atomic mass is 9.81. The summed E-state index contributed by atoms with van der Waals surface area (Å²) >= 11 is 0. The van der Waals surface area contributed by atoms with Crippen LogP contribution in [0.2, 0.25) is 0 Å². The Morgan fingerprint density at radius 1 is 1.50 bits per heavy atom. The number of nitrogens with one attached hydrogen (secondary N) is 2. The number of anilines is 2. The molecular weight excluding hydrogens is 252 g/mol. The van der Waals surface area contributed by atoms with Crippen LogP contribution < -0.4 is 15.5 Å². The van der Waals surface area contributed by atoms with E-state index < -0.39 is 0 Å². The van der Waals surface area contributed by atoms with Crippen molar-refractivity contribution in [2.75, 3.05) is 37.4 Å². The largest absolute Gasteiger partial charge is 0.363 e. The number of pyridine rings is 1. The molecule has 2 heterocycles. The molecule has 20 heavy (non-hydrogen) atoms. The summed E-state index contributed by atoms with van der Waals surface area (Å²) in [5.41, 5.74) is 0.512. The van der Waals surface area contributed by atoms with E-state index in [1.807, 2.05) is 31.1 Å². The summed E-state index contributed by atoms with van der Waals surface area (Å²) < 4.78 is 0. The number of aromatic nitrogens is 1. The molecule has 1 aromatic rings.